The van der Waals surface area contributed by atoms with E-state index in [0.29, 0.717) is 6.29 Å². The van der Waals surface area contributed by atoms with Gasteiger partial charge in [0, 0.05) is 25.3 Å². The average Bonchev–Trinajstić information content (AvgIpc) is 3.66. The highest BCUT2D eigenvalue weighted by Crippen LogP contribution is 2.29. The second-order valence-electron chi connectivity index (χ2n) is 8.85. The molecule has 1 saturated heterocycles. The average molecular weight is 530 g/mol. The molecule has 1 aliphatic heterocycles. The van der Waals surface area contributed by atoms with Gasteiger partial charge in [-0.2, -0.15) is 11.8 Å². The van der Waals surface area contributed by atoms with E-state index in [4.69, 9.17) is 9.47 Å². The van der Waals surface area contributed by atoms with E-state index in [0.717, 1.165) is 5.56 Å². The summed E-state index contributed by atoms with van der Waals surface area (Å²) in [5.41, 5.74) is -1.95. The number of amides is 2. The molecule has 0 aliphatic carbocycles. The quantitative estimate of drug-likeness (QED) is 0.168. The van der Waals surface area contributed by atoms with Crippen LogP contribution >= 0.6 is 11.8 Å². The molecule has 2 heterocycles. The van der Waals surface area contributed by atoms with Crippen LogP contribution in [0, 0.1) is 0 Å². The van der Waals surface area contributed by atoms with Gasteiger partial charge in [0.1, 0.15) is 17.5 Å². The smallest absolute Gasteiger partial charge is 0.256 e. The Morgan fingerprint density at radius 3 is 2.51 bits per heavy atom. The molecule has 37 heavy (non-hydrogen) atoms. The van der Waals surface area contributed by atoms with Crippen LogP contribution in [0.1, 0.15) is 12.5 Å². The van der Waals surface area contributed by atoms with Crippen molar-refractivity contribution in [2.45, 2.75) is 36.6 Å². The highest BCUT2D eigenvalue weighted by molar-refractivity contribution is 7.98. The zero-order chi connectivity index (χ0) is 26.9. The lowest BCUT2D eigenvalue weighted by Crippen LogP contribution is -2.62. The van der Waals surface area contributed by atoms with Crippen molar-refractivity contribution in [3.8, 4) is 0 Å². The van der Waals surface area contributed by atoms with Crippen molar-refractivity contribution in [2.24, 2.45) is 0 Å². The van der Waals surface area contributed by atoms with Gasteiger partial charge in [-0.3, -0.25) is 19.4 Å². The van der Waals surface area contributed by atoms with Gasteiger partial charge in [-0.25, -0.2) is 4.98 Å². The summed E-state index contributed by atoms with van der Waals surface area (Å²) in [7, 11) is 1.34. The van der Waals surface area contributed by atoms with Crippen molar-refractivity contribution in [2.75, 3.05) is 37.6 Å². The van der Waals surface area contributed by atoms with Gasteiger partial charge in [-0.05, 0) is 25.2 Å². The number of Topliss-reactive ketones (excluding diaryl/α,β-unsaturated/α-hetero) is 1. The molecular weight excluding hydrogens is 498 g/mol. The van der Waals surface area contributed by atoms with Crippen molar-refractivity contribution in [1.82, 2.24) is 20.6 Å². The maximum Gasteiger partial charge on any atom is 0.256 e. The summed E-state index contributed by atoms with van der Waals surface area (Å²) in [5.74, 6) is -1.21. The maximum atomic E-state index is 13.4. The van der Waals surface area contributed by atoms with Crippen LogP contribution in [0.15, 0.2) is 48.9 Å². The number of ketones is 1. The molecule has 0 saturated carbocycles. The Bertz CT molecular complexity index is 1090. The molecular formula is C25H31N5O6S. The monoisotopic (exact) mass is 529 g/mol. The Morgan fingerprint density at radius 2 is 1.95 bits per heavy atom. The summed E-state index contributed by atoms with van der Waals surface area (Å²) in [4.78, 5) is 60.0. The van der Waals surface area contributed by atoms with Gasteiger partial charge in [-0.1, -0.05) is 30.3 Å². The highest BCUT2D eigenvalue weighted by atomic mass is 32.2. The van der Waals surface area contributed by atoms with E-state index in [9.17, 15) is 19.2 Å². The van der Waals surface area contributed by atoms with Crippen LogP contribution in [0.3, 0.4) is 0 Å². The molecule has 2 aromatic rings. The van der Waals surface area contributed by atoms with Gasteiger partial charge in [0.2, 0.25) is 5.91 Å². The van der Waals surface area contributed by atoms with Crippen molar-refractivity contribution >= 4 is 41.5 Å². The van der Waals surface area contributed by atoms with Crippen molar-refractivity contribution in [3.63, 3.8) is 0 Å². The molecule has 11 nitrogen and oxygen atoms in total. The number of anilines is 1. The maximum absolute atomic E-state index is 13.4. The third-order valence-corrected chi connectivity index (χ3v) is 6.53. The lowest BCUT2D eigenvalue weighted by atomic mass is 9.94. The lowest BCUT2D eigenvalue weighted by molar-refractivity contribution is -0.136. The van der Waals surface area contributed by atoms with Crippen LogP contribution in [0.2, 0.25) is 0 Å². The molecule has 1 unspecified atom stereocenters. The number of thioether (sulfide) groups is 1. The molecule has 0 radical (unpaired) electrons. The van der Waals surface area contributed by atoms with Crippen LogP contribution in [-0.2, 0) is 35.1 Å². The summed E-state index contributed by atoms with van der Waals surface area (Å²) < 4.78 is 10.5. The number of carbonyl (C=O) groups is 4. The second-order valence-corrected chi connectivity index (χ2v) is 9.76. The SMILES string of the molecule is COC[C@](C=O)(Nc1cnccn1)C(=O)N[C@@H](CSC)C(=O)N[C@@H](Cc1ccccc1)C(=O)C1(C)CO1. The van der Waals surface area contributed by atoms with Crippen LogP contribution in [-0.4, -0.2) is 89.4 Å². The number of hydrogen-bond donors (Lipinski definition) is 3. The molecule has 1 fully saturated rings. The molecule has 3 rings (SSSR count). The number of hydrogen-bond acceptors (Lipinski definition) is 10. The fourth-order valence-corrected chi connectivity index (χ4v) is 4.25. The largest absolute Gasteiger partial charge is 0.381 e. The van der Waals surface area contributed by atoms with Gasteiger partial charge < -0.3 is 30.2 Å². The summed E-state index contributed by atoms with van der Waals surface area (Å²) in [6.45, 7) is 1.64. The molecule has 1 aromatic heterocycles. The first-order valence-corrected chi connectivity index (χ1v) is 13.0. The first-order valence-electron chi connectivity index (χ1n) is 11.6. The van der Waals surface area contributed by atoms with E-state index in [-0.39, 0.29) is 37.0 Å². The Morgan fingerprint density at radius 1 is 1.22 bits per heavy atom. The first-order chi connectivity index (χ1) is 17.8. The van der Waals surface area contributed by atoms with Gasteiger partial charge in [0.05, 0.1) is 25.5 Å². The first kappa shape index (κ1) is 28.2. The zero-order valence-corrected chi connectivity index (χ0v) is 21.7. The summed E-state index contributed by atoms with van der Waals surface area (Å²) >= 11 is 1.33. The molecule has 0 bridgehead atoms. The van der Waals surface area contributed by atoms with E-state index in [2.05, 4.69) is 25.9 Å². The molecule has 198 valence electrons. The van der Waals surface area contributed by atoms with Crippen molar-refractivity contribution < 1.29 is 28.7 Å². The van der Waals surface area contributed by atoms with Crippen LogP contribution in [0.5, 0.6) is 0 Å². The van der Waals surface area contributed by atoms with Crippen LogP contribution in [0.25, 0.3) is 0 Å². The van der Waals surface area contributed by atoms with Crippen LogP contribution < -0.4 is 16.0 Å². The standard InChI is InChI=1S/C25H31N5O6S/c1-24(15-36-24)21(32)18(11-17-7-5-4-6-8-17)28-22(33)19(13-37-3)29-23(34)25(14-31,16-35-2)30-20-12-26-9-10-27-20/h4-10,12,14,18-19H,11,13,15-16H2,1-3H3,(H,27,30)(H,28,33)(H,29,34)/t18-,19-,24?,25-/m0/s1. The molecule has 1 aliphatic rings. The Balaban J connectivity index is 1.79. The number of benzene rings is 1. The molecule has 1 aromatic carbocycles. The number of nitrogens with one attached hydrogen (secondary N) is 3. The molecule has 0 spiro atoms. The third-order valence-electron chi connectivity index (χ3n) is 5.86. The number of ether oxygens (including phenoxy) is 2. The van der Waals surface area contributed by atoms with Gasteiger partial charge in [0.25, 0.3) is 5.91 Å². The second kappa shape index (κ2) is 12.7. The lowest BCUT2D eigenvalue weighted by Gasteiger charge is -2.30. The molecule has 12 heteroatoms. The number of carbonyl (C=O) groups excluding carboxylic acids is 4. The van der Waals surface area contributed by atoms with Gasteiger partial charge in [0.15, 0.2) is 17.6 Å². The Hall–Kier alpha value is -3.35. The predicted octanol–water partition coefficient (Wildman–Crippen LogP) is 0.406. The Kier molecular flexibility index (Phi) is 9.73. The minimum absolute atomic E-state index is 0.180. The fourth-order valence-electron chi connectivity index (χ4n) is 3.68. The number of epoxide rings is 1. The topological polar surface area (TPSA) is 152 Å². The Labute approximate surface area is 219 Å². The normalized spacial score (nSPS) is 19.5. The van der Waals surface area contributed by atoms with Crippen molar-refractivity contribution in [1.29, 1.82) is 0 Å². The summed E-state index contributed by atoms with van der Waals surface area (Å²) in [6, 6.07) is 7.39. The van der Waals surface area contributed by atoms with E-state index in [1.807, 2.05) is 30.3 Å². The van der Waals surface area contributed by atoms with E-state index in [1.54, 1.807) is 13.2 Å². The number of rotatable bonds is 15. The highest BCUT2D eigenvalue weighted by Gasteiger charge is 2.50. The van der Waals surface area contributed by atoms with E-state index in [1.165, 1.54) is 37.5 Å². The zero-order valence-electron chi connectivity index (χ0n) is 20.9. The molecule has 2 amide bonds. The minimum Gasteiger partial charge on any atom is -0.381 e. The number of methoxy groups -OCH3 is 1. The van der Waals surface area contributed by atoms with Crippen LogP contribution in [0.4, 0.5) is 5.82 Å². The van der Waals surface area contributed by atoms with Gasteiger partial charge in [-0.15, -0.1) is 0 Å². The number of aromatic nitrogens is 2. The number of nitrogens with zero attached hydrogens (tertiary/aromatic N) is 2. The minimum atomic E-state index is -1.86. The third kappa shape index (κ3) is 7.34. The molecule has 4 atom stereocenters. The number of aldehydes is 1. The summed E-state index contributed by atoms with van der Waals surface area (Å²) in [6.07, 6.45) is 6.65. The van der Waals surface area contributed by atoms with E-state index >= 15 is 0 Å². The molecule has 3 N–H and O–H groups in total. The predicted molar refractivity (Wildman–Crippen MR) is 138 cm³/mol. The summed E-state index contributed by atoms with van der Waals surface area (Å²) in [5, 5.41) is 8.20. The van der Waals surface area contributed by atoms with E-state index < -0.39 is 35.0 Å². The fraction of sp³-hybridized carbons (Fsp3) is 0.440. The van der Waals surface area contributed by atoms with Crippen molar-refractivity contribution in [3.05, 3.63) is 54.5 Å². The van der Waals surface area contributed by atoms with Gasteiger partial charge >= 0.3 is 0 Å².